The van der Waals surface area contributed by atoms with Crippen LogP contribution in [0.5, 0.6) is 0 Å². The van der Waals surface area contributed by atoms with Gasteiger partial charge in [-0.2, -0.15) is 5.10 Å². The van der Waals surface area contributed by atoms with Gasteiger partial charge in [0.15, 0.2) is 5.00 Å². The zero-order valence-electron chi connectivity index (χ0n) is 11.7. The Labute approximate surface area is 120 Å². The van der Waals surface area contributed by atoms with Crippen LogP contribution in [-0.2, 0) is 12.8 Å². The Morgan fingerprint density at radius 2 is 2.15 bits per heavy atom. The Kier molecular flexibility index (Phi) is 4.20. The number of aryl methyl sites for hydroxylation is 2. The molecular formula is C13H17N3O3S. The van der Waals surface area contributed by atoms with Crippen LogP contribution in [0.1, 0.15) is 43.1 Å². The number of aliphatic hydroxyl groups is 1. The van der Waals surface area contributed by atoms with E-state index < -0.39 is 11.0 Å². The van der Waals surface area contributed by atoms with E-state index in [9.17, 15) is 15.2 Å². The predicted octanol–water partition coefficient (Wildman–Crippen LogP) is 3.02. The second kappa shape index (κ2) is 5.72. The van der Waals surface area contributed by atoms with Gasteiger partial charge >= 0.3 is 5.69 Å². The minimum Gasteiger partial charge on any atom is -0.388 e. The fourth-order valence-corrected chi connectivity index (χ4v) is 3.00. The van der Waals surface area contributed by atoms with E-state index in [1.807, 2.05) is 19.9 Å². The maximum absolute atomic E-state index is 11.2. The summed E-state index contributed by atoms with van der Waals surface area (Å²) in [6, 6.07) is 3.39. The van der Waals surface area contributed by atoms with Crippen molar-refractivity contribution in [2.24, 2.45) is 0 Å². The molecule has 1 unspecified atom stereocenters. The molecule has 108 valence electrons. The molecule has 0 saturated carbocycles. The largest absolute Gasteiger partial charge is 0.388 e. The topological polar surface area (TPSA) is 81.2 Å². The number of aromatic nitrogens is 2. The second-order valence-corrected chi connectivity index (χ2v) is 5.58. The molecule has 2 heterocycles. The lowest BCUT2D eigenvalue weighted by Gasteiger charge is -2.02. The van der Waals surface area contributed by atoms with E-state index in [1.165, 1.54) is 17.4 Å². The van der Waals surface area contributed by atoms with Crippen molar-refractivity contribution in [3.63, 3.8) is 0 Å². The zero-order valence-corrected chi connectivity index (χ0v) is 12.5. The van der Waals surface area contributed by atoms with Gasteiger partial charge in [-0.25, -0.2) is 4.68 Å². The second-order valence-electron chi connectivity index (χ2n) is 4.52. The van der Waals surface area contributed by atoms with Crippen LogP contribution in [0.15, 0.2) is 12.1 Å². The molecule has 0 aromatic carbocycles. The molecule has 0 bridgehead atoms. The van der Waals surface area contributed by atoms with Gasteiger partial charge in [0.2, 0.25) is 0 Å². The van der Waals surface area contributed by atoms with E-state index in [-0.39, 0.29) is 5.69 Å². The predicted molar refractivity (Wildman–Crippen MR) is 77.5 cm³/mol. The molecule has 0 fully saturated rings. The van der Waals surface area contributed by atoms with E-state index in [1.54, 1.807) is 11.6 Å². The van der Waals surface area contributed by atoms with Crippen LogP contribution in [0.4, 0.5) is 5.69 Å². The number of nitrogens with zero attached hydrogens (tertiary/aromatic N) is 3. The Bertz CT molecular complexity index is 631. The Morgan fingerprint density at radius 1 is 1.45 bits per heavy atom. The SMILES string of the molecule is CCc1cc(CC)n(-c2sc(C(C)O)cc2[N+](=O)[O-])n1. The molecule has 7 heteroatoms. The van der Waals surface area contributed by atoms with Crippen molar-refractivity contribution in [3.8, 4) is 5.00 Å². The Balaban J connectivity index is 2.61. The van der Waals surface area contributed by atoms with Crippen molar-refractivity contribution in [1.82, 2.24) is 9.78 Å². The van der Waals surface area contributed by atoms with Gasteiger partial charge in [0, 0.05) is 16.6 Å². The average Bonchev–Trinajstić information content (AvgIpc) is 3.01. The first-order valence-corrected chi connectivity index (χ1v) is 7.33. The lowest BCUT2D eigenvalue weighted by molar-refractivity contribution is -0.384. The van der Waals surface area contributed by atoms with Crippen molar-refractivity contribution < 1.29 is 10.0 Å². The molecule has 0 radical (unpaired) electrons. The molecule has 0 aliphatic rings. The van der Waals surface area contributed by atoms with Crippen LogP contribution in [-0.4, -0.2) is 19.8 Å². The van der Waals surface area contributed by atoms with Gasteiger partial charge < -0.3 is 5.11 Å². The van der Waals surface area contributed by atoms with Crippen molar-refractivity contribution in [3.05, 3.63) is 38.5 Å². The lowest BCUT2D eigenvalue weighted by Crippen LogP contribution is -2.02. The molecule has 0 aliphatic heterocycles. The lowest BCUT2D eigenvalue weighted by atomic mass is 10.2. The minimum absolute atomic E-state index is 0.00801. The van der Waals surface area contributed by atoms with Crippen LogP contribution in [0.3, 0.4) is 0 Å². The summed E-state index contributed by atoms with van der Waals surface area (Å²) in [4.78, 5) is 11.3. The maximum Gasteiger partial charge on any atom is 0.306 e. The molecular weight excluding hydrogens is 278 g/mol. The van der Waals surface area contributed by atoms with Crippen molar-refractivity contribution in [2.75, 3.05) is 0 Å². The monoisotopic (exact) mass is 295 g/mol. The van der Waals surface area contributed by atoms with Gasteiger partial charge in [-0.15, -0.1) is 11.3 Å². The highest BCUT2D eigenvalue weighted by molar-refractivity contribution is 7.15. The van der Waals surface area contributed by atoms with Gasteiger partial charge in [0.25, 0.3) is 0 Å². The number of thiophene rings is 1. The van der Waals surface area contributed by atoms with Gasteiger partial charge in [-0.05, 0) is 25.8 Å². The number of rotatable bonds is 5. The molecule has 0 aliphatic carbocycles. The number of hydrogen-bond donors (Lipinski definition) is 1. The highest BCUT2D eigenvalue weighted by atomic mass is 32.1. The molecule has 0 amide bonds. The van der Waals surface area contributed by atoms with Gasteiger partial charge in [0.05, 0.1) is 16.7 Å². The first kappa shape index (κ1) is 14.7. The van der Waals surface area contributed by atoms with Crippen molar-refractivity contribution >= 4 is 17.0 Å². The number of hydrogen-bond acceptors (Lipinski definition) is 5. The quantitative estimate of drug-likeness (QED) is 0.679. The van der Waals surface area contributed by atoms with Gasteiger partial charge in [0.1, 0.15) is 0 Å². The molecule has 6 nitrogen and oxygen atoms in total. The Hall–Kier alpha value is -1.73. The van der Waals surface area contributed by atoms with Crippen LogP contribution in [0, 0.1) is 10.1 Å². The normalized spacial score (nSPS) is 12.6. The summed E-state index contributed by atoms with van der Waals surface area (Å²) in [5, 5.41) is 25.7. The van der Waals surface area contributed by atoms with E-state index in [0.29, 0.717) is 9.88 Å². The van der Waals surface area contributed by atoms with Crippen molar-refractivity contribution in [1.29, 1.82) is 0 Å². The fraction of sp³-hybridized carbons (Fsp3) is 0.462. The summed E-state index contributed by atoms with van der Waals surface area (Å²) in [6.45, 7) is 5.58. The van der Waals surface area contributed by atoms with E-state index in [2.05, 4.69) is 5.10 Å². The summed E-state index contributed by atoms with van der Waals surface area (Å²) in [5.41, 5.74) is 1.83. The molecule has 0 saturated heterocycles. The molecule has 2 rings (SSSR count). The van der Waals surface area contributed by atoms with Crippen molar-refractivity contribution in [2.45, 2.75) is 39.7 Å². The van der Waals surface area contributed by atoms with Crippen LogP contribution < -0.4 is 0 Å². The summed E-state index contributed by atoms with van der Waals surface area (Å²) in [6.07, 6.45) is 0.799. The van der Waals surface area contributed by atoms with E-state index in [4.69, 9.17) is 0 Å². The highest BCUT2D eigenvalue weighted by Gasteiger charge is 2.24. The number of aliphatic hydroxyl groups excluding tert-OH is 1. The van der Waals surface area contributed by atoms with E-state index in [0.717, 1.165) is 24.2 Å². The van der Waals surface area contributed by atoms with Crippen LogP contribution in [0.25, 0.3) is 5.00 Å². The van der Waals surface area contributed by atoms with Crippen LogP contribution >= 0.6 is 11.3 Å². The first-order valence-electron chi connectivity index (χ1n) is 6.52. The third-order valence-electron chi connectivity index (χ3n) is 3.07. The van der Waals surface area contributed by atoms with Gasteiger partial charge in [-0.1, -0.05) is 13.8 Å². The summed E-state index contributed by atoms with van der Waals surface area (Å²) in [5.74, 6) is 0. The number of nitro groups is 1. The molecule has 1 N–H and O–H groups in total. The van der Waals surface area contributed by atoms with Crippen LogP contribution in [0.2, 0.25) is 0 Å². The molecule has 0 spiro atoms. The summed E-state index contributed by atoms with van der Waals surface area (Å²) >= 11 is 1.21. The minimum atomic E-state index is -0.723. The molecule has 20 heavy (non-hydrogen) atoms. The average molecular weight is 295 g/mol. The standard InChI is InChI=1S/C13H17N3O3S/c1-4-9-6-10(5-2)15(14-9)13-11(16(18)19)7-12(20-13)8(3)17/h6-8,17H,4-5H2,1-3H3. The van der Waals surface area contributed by atoms with Gasteiger partial charge in [-0.3, -0.25) is 10.1 Å². The summed E-state index contributed by atoms with van der Waals surface area (Å²) in [7, 11) is 0. The summed E-state index contributed by atoms with van der Waals surface area (Å²) < 4.78 is 1.63. The third kappa shape index (κ3) is 2.59. The Morgan fingerprint density at radius 3 is 2.65 bits per heavy atom. The molecule has 1 atom stereocenters. The maximum atomic E-state index is 11.2. The third-order valence-corrected chi connectivity index (χ3v) is 4.34. The smallest absolute Gasteiger partial charge is 0.306 e. The highest BCUT2D eigenvalue weighted by Crippen LogP contribution is 2.36. The first-order chi connectivity index (χ1) is 9.47. The fourth-order valence-electron chi connectivity index (χ4n) is 1.95. The molecule has 2 aromatic heterocycles. The zero-order chi connectivity index (χ0) is 14.9. The van der Waals surface area contributed by atoms with E-state index >= 15 is 0 Å². The molecule has 2 aromatic rings.